The highest BCUT2D eigenvalue weighted by Gasteiger charge is 1.98. The normalized spacial score (nSPS) is 14.5. The van der Waals surface area contributed by atoms with Crippen LogP contribution >= 0.6 is 0 Å². The molecule has 0 amide bonds. The first-order valence-corrected chi connectivity index (χ1v) is 5.78. The minimum absolute atomic E-state index is 1.26. The van der Waals surface area contributed by atoms with Crippen molar-refractivity contribution >= 4 is 0 Å². The molecule has 0 aromatic heterocycles. The van der Waals surface area contributed by atoms with Gasteiger partial charge >= 0.3 is 0 Å². The Bertz CT molecular complexity index is 151. The molecule has 0 aromatic carbocycles. The van der Waals surface area contributed by atoms with Gasteiger partial charge in [0.05, 0.1) is 0 Å². The first-order valence-electron chi connectivity index (χ1n) is 5.78. The molecule has 0 radical (unpaired) electrons. The zero-order valence-corrected chi connectivity index (χ0v) is 9.47. The average molecular weight is 180 g/mol. The maximum absolute atomic E-state index is 2.29. The van der Waals surface area contributed by atoms with Crippen LogP contribution in [0, 0.1) is 0 Å². The van der Waals surface area contributed by atoms with Crippen LogP contribution in [0.3, 0.4) is 0 Å². The van der Waals surface area contributed by atoms with Crippen LogP contribution in [0.25, 0.3) is 0 Å². The van der Waals surface area contributed by atoms with E-state index in [-0.39, 0.29) is 0 Å². The Morgan fingerprint density at radius 2 is 2.00 bits per heavy atom. The molecule has 0 heteroatoms. The molecule has 0 nitrogen and oxygen atoms in total. The number of hydrogen-bond acceptors (Lipinski definition) is 0. The highest BCUT2D eigenvalue weighted by Crippen LogP contribution is 2.17. The second-order valence-electron chi connectivity index (χ2n) is 3.25. The molecular weight excluding hydrogens is 156 g/mol. The molecule has 0 bridgehead atoms. The Balaban J connectivity index is 0.000000671. The number of allylic oxidation sites excluding steroid dienone is 4. The van der Waals surface area contributed by atoms with Gasteiger partial charge in [0.15, 0.2) is 0 Å². The van der Waals surface area contributed by atoms with E-state index in [9.17, 15) is 0 Å². The smallest absolute Gasteiger partial charge is 0.0282 e. The van der Waals surface area contributed by atoms with Crippen LogP contribution in [0.4, 0.5) is 0 Å². The summed E-state index contributed by atoms with van der Waals surface area (Å²) in [5.74, 6) is 0. The van der Waals surface area contributed by atoms with Crippen molar-refractivity contribution < 1.29 is 0 Å². The van der Waals surface area contributed by atoms with Crippen molar-refractivity contribution in [2.45, 2.75) is 59.3 Å². The second kappa shape index (κ2) is 9.57. The molecule has 0 heterocycles. The van der Waals surface area contributed by atoms with Crippen LogP contribution < -0.4 is 0 Å². The first kappa shape index (κ1) is 12.5. The van der Waals surface area contributed by atoms with Crippen molar-refractivity contribution in [2.24, 2.45) is 0 Å². The fourth-order valence-electron chi connectivity index (χ4n) is 1.46. The number of rotatable bonds is 4. The topological polar surface area (TPSA) is 0 Å². The first-order chi connectivity index (χ1) is 6.43. The van der Waals surface area contributed by atoms with Crippen molar-refractivity contribution in [2.75, 3.05) is 0 Å². The largest absolute Gasteiger partial charge is 0.0842 e. The monoisotopic (exact) mass is 180 g/mol. The summed E-state index contributed by atoms with van der Waals surface area (Å²) < 4.78 is 0. The standard InChI is InChI=1S/C11H18.C2H6/c1-2-3-5-8-11-9-6-4-7-10-11;1-2/h4,6,9H,2-3,5,7-8,10H2,1H3;1-2H3. The molecule has 0 fully saturated rings. The summed E-state index contributed by atoms with van der Waals surface area (Å²) in [6.45, 7) is 6.26. The maximum Gasteiger partial charge on any atom is -0.0282 e. The van der Waals surface area contributed by atoms with Crippen LogP contribution in [0.5, 0.6) is 0 Å². The van der Waals surface area contributed by atoms with Crippen LogP contribution in [-0.4, -0.2) is 0 Å². The molecule has 0 saturated heterocycles. The molecule has 0 spiro atoms. The van der Waals surface area contributed by atoms with E-state index in [1.165, 1.54) is 38.5 Å². The Hall–Kier alpha value is -0.520. The highest BCUT2D eigenvalue weighted by atomic mass is 14.0. The average Bonchev–Trinajstić information content (AvgIpc) is 2.23. The lowest BCUT2D eigenvalue weighted by molar-refractivity contribution is 0.694. The van der Waals surface area contributed by atoms with Gasteiger partial charge in [-0.2, -0.15) is 0 Å². The summed E-state index contributed by atoms with van der Waals surface area (Å²) in [7, 11) is 0. The molecule has 0 aromatic rings. The van der Waals surface area contributed by atoms with Gasteiger partial charge in [0, 0.05) is 0 Å². The fraction of sp³-hybridized carbons (Fsp3) is 0.692. The van der Waals surface area contributed by atoms with Gasteiger partial charge in [-0.05, 0) is 25.7 Å². The van der Waals surface area contributed by atoms with Gasteiger partial charge in [-0.3, -0.25) is 0 Å². The lowest BCUT2D eigenvalue weighted by Crippen LogP contribution is -1.87. The highest BCUT2D eigenvalue weighted by molar-refractivity contribution is 5.17. The minimum atomic E-state index is 1.26. The van der Waals surface area contributed by atoms with Gasteiger partial charge < -0.3 is 0 Å². The van der Waals surface area contributed by atoms with E-state index in [1.807, 2.05) is 13.8 Å². The van der Waals surface area contributed by atoms with Gasteiger partial charge in [0.25, 0.3) is 0 Å². The Morgan fingerprint density at radius 1 is 1.23 bits per heavy atom. The molecule has 0 N–H and O–H groups in total. The number of unbranched alkanes of at least 4 members (excludes halogenated alkanes) is 2. The van der Waals surface area contributed by atoms with E-state index < -0.39 is 0 Å². The molecule has 0 atom stereocenters. The minimum Gasteiger partial charge on any atom is -0.0842 e. The van der Waals surface area contributed by atoms with Crippen LogP contribution in [-0.2, 0) is 0 Å². The lowest BCUT2D eigenvalue weighted by atomic mass is 9.99. The third-order valence-electron chi connectivity index (χ3n) is 2.20. The zero-order chi connectivity index (χ0) is 9.94. The fourth-order valence-corrected chi connectivity index (χ4v) is 1.46. The Kier molecular flexibility index (Phi) is 9.18. The SMILES string of the molecule is CC.CCCCCC1=CC=CCC1. The van der Waals surface area contributed by atoms with Crippen molar-refractivity contribution in [3.8, 4) is 0 Å². The third kappa shape index (κ3) is 6.62. The van der Waals surface area contributed by atoms with Gasteiger partial charge in [0.2, 0.25) is 0 Å². The van der Waals surface area contributed by atoms with Crippen molar-refractivity contribution in [3.63, 3.8) is 0 Å². The van der Waals surface area contributed by atoms with E-state index in [2.05, 4.69) is 25.2 Å². The van der Waals surface area contributed by atoms with Crippen LogP contribution in [0.2, 0.25) is 0 Å². The molecule has 0 unspecified atom stereocenters. The predicted octanol–water partition coefficient (Wildman–Crippen LogP) is 4.87. The van der Waals surface area contributed by atoms with E-state index >= 15 is 0 Å². The maximum atomic E-state index is 2.29. The molecule has 0 aliphatic heterocycles. The van der Waals surface area contributed by atoms with E-state index in [0.717, 1.165) is 0 Å². The molecular formula is C13H24. The summed E-state index contributed by atoms with van der Waals surface area (Å²) >= 11 is 0. The van der Waals surface area contributed by atoms with Gasteiger partial charge in [-0.25, -0.2) is 0 Å². The van der Waals surface area contributed by atoms with Crippen molar-refractivity contribution in [1.82, 2.24) is 0 Å². The predicted molar refractivity (Wildman–Crippen MR) is 61.9 cm³/mol. The molecule has 0 saturated carbocycles. The van der Waals surface area contributed by atoms with Crippen LogP contribution in [0.1, 0.15) is 59.3 Å². The van der Waals surface area contributed by atoms with Crippen LogP contribution in [0.15, 0.2) is 23.8 Å². The Morgan fingerprint density at radius 3 is 2.54 bits per heavy atom. The van der Waals surface area contributed by atoms with Crippen molar-refractivity contribution in [1.29, 1.82) is 0 Å². The zero-order valence-electron chi connectivity index (χ0n) is 9.47. The summed E-state index contributed by atoms with van der Waals surface area (Å²) in [6.07, 6.45) is 14.8. The van der Waals surface area contributed by atoms with Gasteiger partial charge in [0.1, 0.15) is 0 Å². The van der Waals surface area contributed by atoms with E-state index in [0.29, 0.717) is 0 Å². The van der Waals surface area contributed by atoms with Gasteiger partial charge in [-0.15, -0.1) is 0 Å². The summed E-state index contributed by atoms with van der Waals surface area (Å²) in [4.78, 5) is 0. The van der Waals surface area contributed by atoms with E-state index in [1.54, 1.807) is 5.57 Å². The molecule has 1 aliphatic rings. The quantitative estimate of drug-likeness (QED) is 0.541. The molecule has 13 heavy (non-hydrogen) atoms. The van der Waals surface area contributed by atoms with Gasteiger partial charge in [-0.1, -0.05) is 57.4 Å². The molecule has 76 valence electrons. The lowest BCUT2D eigenvalue weighted by Gasteiger charge is -2.07. The van der Waals surface area contributed by atoms with Crippen molar-refractivity contribution in [3.05, 3.63) is 23.8 Å². The Labute approximate surface area is 83.7 Å². The summed E-state index contributed by atoms with van der Waals surface area (Å²) in [6, 6.07) is 0. The summed E-state index contributed by atoms with van der Waals surface area (Å²) in [5.41, 5.74) is 1.65. The van der Waals surface area contributed by atoms with E-state index in [4.69, 9.17) is 0 Å². The summed E-state index contributed by atoms with van der Waals surface area (Å²) in [5, 5.41) is 0. The molecule has 1 aliphatic carbocycles. The number of hydrogen-bond donors (Lipinski definition) is 0. The molecule has 1 rings (SSSR count). The third-order valence-corrected chi connectivity index (χ3v) is 2.20. The second-order valence-corrected chi connectivity index (χ2v) is 3.25.